The normalized spacial score (nSPS) is 12.1. The zero-order valence-corrected chi connectivity index (χ0v) is 15.4. The van der Waals surface area contributed by atoms with E-state index in [1.54, 1.807) is 17.7 Å². The molecule has 1 aromatic carbocycles. The van der Waals surface area contributed by atoms with Crippen molar-refractivity contribution in [3.05, 3.63) is 46.1 Å². The van der Waals surface area contributed by atoms with E-state index in [-0.39, 0.29) is 11.2 Å². The van der Waals surface area contributed by atoms with Crippen LogP contribution in [0.25, 0.3) is 5.69 Å². The molecule has 1 N–H and O–H groups in total. The fraction of sp³-hybridized carbons (Fsp3) is 0.200. The maximum absolute atomic E-state index is 12.2. The highest BCUT2D eigenvalue weighted by Crippen LogP contribution is 2.28. The van der Waals surface area contributed by atoms with Crippen LogP contribution >= 0.6 is 35.3 Å². The Hall–Kier alpha value is -1.97. The number of aromatic nitrogens is 3. The van der Waals surface area contributed by atoms with Gasteiger partial charge in [-0.3, -0.25) is 4.79 Å². The molecule has 1 amide bonds. The van der Waals surface area contributed by atoms with Crippen molar-refractivity contribution in [1.82, 2.24) is 14.9 Å². The zero-order chi connectivity index (χ0) is 17.1. The first kappa shape index (κ1) is 16.9. The van der Waals surface area contributed by atoms with Gasteiger partial charge in [0.2, 0.25) is 5.91 Å². The van der Waals surface area contributed by atoms with Crippen molar-refractivity contribution < 1.29 is 9.32 Å². The number of hydrogen-bond acceptors (Lipinski definition) is 7. The fourth-order valence-corrected chi connectivity index (χ4v) is 4.40. The van der Waals surface area contributed by atoms with Crippen molar-refractivity contribution in [2.24, 2.45) is 0 Å². The second-order valence-corrected chi connectivity index (χ2v) is 8.16. The minimum Gasteiger partial charge on any atom is -0.360 e. The lowest BCUT2D eigenvalue weighted by molar-refractivity contribution is -0.115. The van der Waals surface area contributed by atoms with Crippen molar-refractivity contribution >= 4 is 47.0 Å². The molecule has 3 aromatic rings. The SMILES string of the molecule is Cc1cc(NC(=O)[C@@H](C)Sc2nn(-c3ccccc3)c(=S)s2)no1. The molecule has 2 heterocycles. The molecule has 0 saturated carbocycles. The Morgan fingerprint density at radius 2 is 2.17 bits per heavy atom. The molecule has 0 radical (unpaired) electrons. The van der Waals surface area contributed by atoms with Gasteiger partial charge in [-0.2, -0.15) is 0 Å². The van der Waals surface area contributed by atoms with Crippen LogP contribution in [0.4, 0.5) is 5.82 Å². The molecule has 24 heavy (non-hydrogen) atoms. The molecule has 0 bridgehead atoms. The second kappa shape index (κ2) is 7.29. The number of amides is 1. The predicted octanol–water partition coefficient (Wildman–Crippen LogP) is 4.08. The molecule has 9 heteroatoms. The van der Waals surface area contributed by atoms with E-state index in [9.17, 15) is 4.79 Å². The Labute approximate surface area is 151 Å². The van der Waals surface area contributed by atoms with E-state index in [1.807, 2.05) is 37.3 Å². The van der Waals surface area contributed by atoms with E-state index in [0.29, 0.717) is 15.5 Å². The number of aryl methyl sites for hydroxylation is 1. The summed E-state index contributed by atoms with van der Waals surface area (Å²) in [6.07, 6.45) is 0. The third-order valence-corrected chi connectivity index (χ3v) is 5.47. The van der Waals surface area contributed by atoms with Crippen LogP contribution in [0, 0.1) is 10.9 Å². The van der Waals surface area contributed by atoms with Gasteiger partial charge in [0, 0.05) is 6.07 Å². The zero-order valence-electron chi connectivity index (χ0n) is 12.9. The van der Waals surface area contributed by atoms with Gasteiger partial charge in [-0.05, 0) is 38.2 Å². The van der Waals surface area contributed by atoms with Crippen LogP contribution in [0.5, 0.6) is 0 Å². The monoisotopic (exact) mass is 378 g/mol. The van der Waals surface area contributed by atoms with Gasteiger partial charge in [-0.1, -0.05) is 46.5 Å². The Balaban J connectivity index is 1.69. The third kappa shape index (κ3) is 3.92. The molecule has 3 rings (SSSR count). The van der Waals surface area contributed by atoms with E-state index >= 15 is 0 Å². The van der Waals surface area contributed by atoms with Crippen LogP contribution in [0.1, 0.15) is 12.7 Å². The molecule has 0 unspecified atom stereocenters. The van der Waals surface area contributed by atoms with Gasteiger partial charge in [-0.15, -0.1) is 5.10 Å². The van der Waals surface area contributed by atoms with Crippen molar-refractivity contribution in [2.75, 3.05) is 5.32 Å². The molecule has 6 nitrogen and oxygen atoms in total. The maximum Gasteiger partial charge on any atom is 0.238 e. The van der Waals surface area contributed by atoms with Gasteiger partial charge in [-0.25, -0.2) is 4.68 Å². The number of anilines is 1. The summed E-state index contributed by atoms with van der Waals surface area (Å²) < 4.78 is 8.02. The summed E-state index contributed by atoms with van der Waals surface area (Å²) in [5, 5.41) is 10.6. The smallest absolute Gasteiger partial charge is 0.238 e. The highest BCUT2D eigenvalue weighted by atomic mass is 32.2. The number of carbonyl (C=O) groups excluding carboxylic acids is 1. The Kier molecular flexibility index (Phi) is 5.12. The van der Waals surface area contributed by atoms with E-state index in [2.05, 4.69) is 15.6 Å². The number of thioether (sulfide) groups is 1. The molecule has 0 fully saturated rings. The van der Waals surface area contributed by atoms with Crippen molar-refractivity contribution in [3.8, 4) is 5.69 Å². The summed E-state index contributed by atoms with van der Waals surface area (Å²) >= 11 is 8.10. The van der Waals surface area contributed by atoms with Gasteiger partial charge in [0.1, 0.15) is 5.76 Å². The van der Waals surface area contributed by atoms with Crippen molar-refractivity contribution in [3.63, 3.8) is 0 Å². The molecule has 0 aliphatic heterocycles. The van der Waals surface area contributed by atoms with Crippen LogP contribution in [-0.2, 0) is 4.79 Å². The number of benzene rings is 1. The van der Waals surface area contributed by atoms with Gasteiger partial charge in [0.25, 0.3) is 0 Å². The fourth-order valence-electron chi connectivity index (χ4n) is 1.90. The van der Waals surface area contributed by atoms with Gasteiger partial charge in [0.05, 0.1) is 10.9 Å². The van der Waals surface area contributed by atoms with E-state index < -0.39 is 0 Å². The van der Waals surface area contributed by atoms with Crippen LogP contribution in [-0.4, -0.2) is 26.1 Å². The molecule has 0 aliphatic rings. The quantitative estimate of drug-likeness (QED) is 0.533. The topological polar surface area (TPSA) is 73.0 Å². The second-order valence-electron chi connectivity index (χ2n) is 4.95. The number of rotatable bonds is 5. The minimum atomic E-state index is -0.341. The van der Waals surface area contributed by atoms with Crippen molar-refractivity contribution in [2.45, 2.75) is 23.4 Å². The highest BCUT2D eigenvalue weighted by Gasteiger charge is 2.18. The molecular formula is C15H14N4O2S3. The predicted molar refractivity (Wildman–Crippen MR) is 97.5 cm³/mol. The summed E-state index contributed by atoms with van der Waals surface area (Å²) in [5.41, 5.74) is 0.903. The van der Waals surface area contributed by atoms with Crippen LogP contribution < -0.4 is 5.32 Å². The molecule has 2 aromatic heterocycles. The lowest BCUT2D eigenvalue weighted by Crippen LogP contribution is -2.22. The van der Waals surface area contributed by atoms with Crippen LogP contribution in [0.15, 0.2) is 45.3 Å². The minimum absolute atomic E-state index is 0.166. The van der Waals surface area contributed by atoms with E-state index in [1.165, 1.54) is 23.1 Å². The highest BCUT2D eigenvalue weighted by molar-refractivity contribution is 8.02. The number of para-hydroxylation sites is 1. The summed E-state index contributed by atoms with van der Waals surface area (Å²) in [6.45, 7) is 3.58. The van der Waals surface area contributed by atoms with Gasteiger partial charge >= 0.3 is 0 Å². The van der Waals surface area contributed by atoms with E-state index in [4.69, 9.17) is 16.7 Å². The first-order valence-electron chi connectivity index (χ1n) is 7.09. The molecule has 0 aliphatic carbocycles. The van der Waals surface area contributed by atoms with Crippen LogP contribution in [0.2, 0.25) is 0 Å². The molecular weight excluding hydrogens is 364 g/mol. The summed E-state index contributed by atoms with van der Waals surface area (Å²) in [5.74, 6) is 0.887. The maximum atomic E-state index is 12.2. The van der Waals surface area contributed by atoms with Gasteiger partial charge < -0.3 is 9.84 Å². The third-order valence-electron chi connectivity index (χ3n) is 3.06. The first-order valence-corrected chi connectivity index (χ1v) is 9.20. The number of nitrogens with one attached hydrogen (secondary N) is 1. The van der Waals surface area contributed by atoms with Gasteiger partial charge in [0.15, 0.2) is 14.1 Å². The largest absolute Gasteiger partial charge is 0.360 e. The summed E-state index contributed by atoms with van der Waals surface area (Å²) in [6, 6.07) is 11.3. The molecule has 124 valence electrons. The molecule has 0 saturated heterocycles. The number of carbonyl (C=O) groups is 1. The van der Waals surface area contributed by atoms with E-state index in [0.717, 1.165) is 10.0 Å². The first-order chi connectivity index (χ1) is 11.5. The average Bonchev–Trinajstić information content (AvgIpc) is 3.13. The summed E-state index contributed by atoms with van der Waals surface area (Å²) in [4.78, 5) is 12.2. The average molecular weight is 379 g/mol. The Bertz CT molecular complexity index is 901. The van der Waals surface area contributed by atoms with Crippen molar-refractivity contribution in [1.29, 1.82) is 0 Å². The molecule has 1 atom stereocenters. The summed E-state index contributed by atoms with van der Waals surface area (Å²) in [7, 11) is 0. The lowest BCUT2D eigenvalue weighted by Gasteiger charge is -2.07. The molecule has 0 spiro atoms. The number of nitrogens with zero attached hydrogens (tertiary/aromatic N) is 3. The van der Waals surface area contributed by atoms with Crippen LogP contribution in [0.3, 0.4) is 0 Å². The number of hydrogen-bond donors (Lipinski definition) is 1. The standard InChI is InChI=1S/C15H14N4O2S3/c1-9-8-12(18-21-9)16-13(20)10(2)23-14-17-19(15(22)24-14)11-6-4-3-5-7-11/h3-8,10H,1-2H3,(H,16,18,20)/t10-/m1/s1. The lowest BCUT2D eigenvalue weighted by atomic mass is 10.3. The Morgan fingerprint density at radius 3 is 2.83 bits per heavy atom. The Morgan fingerprint density at radius 1 is 1.42 bits per heavy atom.